The number of benzene rings is 1. The average molecular weight is 232 g/mol. The van der Waals surface area contributed by atoms with E-state index in [1.165, 1.54) is 18.2 Å². The van der Waals surface area contributed by atoms with E-state index in [1.807, 2.05) is 0 Å². The highest BCUT2D eigenvalue weighted by atomic mass is 19.1. The molecule has 3 nitrogen and oxygen atoms in total. The third-order valence-electron chi connectivity index (χ3n) is 2.94. The molecule has 1 unspecified atom stereocenters. The lowest BCUT2D eigenvalue weighted by atomic mass is 10.1. The quantitative estimate of drug-likeness (QED) is 0.868. The third-order valence-corrected chi connectivity index (χ3v) is 2.94. The minimum absolute atomic E-state index is 0.283. The molecule has 0 heterocycles. The molecule has 1 aliphatic carbocycles. The highest BCUT2D eigenvalue weighted by Crippen LogP contribution is 2.32. The van der Waals surface area contributed by atoms with Gasteiger partial charge in [-0.25, -0.2) is 4.39 Å². The fraction of sp³-hybridized carbons (Fsp3) is 0.385. The molecule has 1 aromatic carbocycles. The molecule has 0 bridgehead atoms. The predicted octanol–water partition coefficient (Wildman–Crippen LogP) is 2.17. The van der Waals surface area contributed by atoms with Crippen molar-refractivity contribution in [3.8, 4) is 6.07 Å². The second-order valence-corrected chi connectivity index (χ2v) is 4.38. The van der Waals surface area contributed by atoms with Crippen molar-refractivity contribution < 1.29 is 9.18 Å². The molecule has 88 valence electrons. The molecule has 1 atom stereocenters. The number of nitrogens with one attached hydrogen (secondary N) is 1. The van der Waals surface area contributed by atoms with E-state index < -0.39 is 6.04 Å². The van der Waals surface area contributed by atoms with Gasteiger partial charge in [0.05, 0.1) is 6.07 Å². The Morgan fingerprint density at radius 2 is 2.29 bits per heavy atom. The van der Waals surface area contributed by atoms with Crippen molar-refractivity contribution in [3.05, 3.63) is 35.1 Å². The molecule has 0 spiro atoms. The normalized spacial score (nSPS) is 16.1. The number of nitrogens with zero attached hydrogens (tertiary/aromatic N) is 1. The predicted molar refractivity (Wildman–Crippen MR) is 60.7 cm³/mol. The minimum atomic E-state index is -0.423. The summed E-state index contributed by atoms with van der Waals surface area (Å²) in [6.07, 6.45) is 1.97. The molecule has 0 aliphatic heterocycles. The van der Waals surface area contributed by atoms with Gasteiger partial charge in [0.15, 0.2) is 0 Å². The van der Waals surface area contributed by atoms with Crippen LogP contribution in [0.5, 0.6) is 0 Å². The molecule has 2 rings (SSSR count). The van der Waals surface area contributed by atoms with E-state index in [-0.39, 0.29) is 17.6 Å². The van der Waals surface area contributed by atoms with Crippen molar-refractivity contribution >= 4 is 5.91 Å². The van der Waals surface area contributed by atoms with Crippen molar-refractivity contribution in [2.45, 2.75) is 25.8 Å². The molecule has 0 aromatic heterocycles. The van der Waals surface area contributed by atoms with Crippen molar-refractivity contribution in [1.82, 2.24) is 5.32 Å². The Morgan fingerprint density at radius 3 is 2.82 bits per heavy atom. The molecule has 1 aliphatic rings. The number of amides is 1. The number of rotatable bonds is 3. The molecule has 1 saturated carbocycles. The van der Waals surface area contributed by atoms with E-state index >= 15 is 0 Å². The number of halogens is 1. The topological polar surface area (TPSA) is 52.9 Å². The second-order valence-electron chi connectivity index (χ2n) is 4.38. The summed E-state index contributed by atoms with van der Waals surface area (Å²) >= 11 is 0. The maximum Gasteiger partial charge on any atom is 0.252 e. The van der Waals surface area contributed by atoms with E-state index in [1.54, 1.807) is 6.92 Å². The van der Waals surface area contributed by atoms with Crippen molar-refractivity contribution in [2.75, 3.05) is 0 Å². The lowest BCUT2D eigenvalue weighted by Crippen LogP contribution is -2.35. The summed E-state index contributed by atoms with van der Waals surface area (Å²) in [5.74, 6) is -0.363. The van der Waals surface area contributed by atoms with Gasteiger partial charge in [-0.05, 0) is 49.4 Å². The van der Waals surface area contributed by atoms with Crippen molar-refractivity contribution in [2.24, 2.45) is 5.92 Å². The largest absolute Gasteiger partial charge is 0.336 e. The van der Waals surface area contributed by atoms with Crippen LogP contribution in [0.4, 0.5) is 4.39 Å². The summed E-state index contributed by atoms with van der Waals surface area (Å²) in [6, 6.07) is 5.85. The first-order valence-corrected chi connectivity index (χ1v) is 5.58. The van der Waals surface area contributed by atoms with E-state index in [2.05, 4.69) is 11.4 Å². The summed E-state index contributed by atoms with van der Waals surface area (Å²) in [7, 11) is 0. The van der Waals surface area contributed by atoms with Crippen LogP contribution in [-0.2, 0) is 0 Å². The Kier molecular flexibility index (Phi) is 3.10. The lowest BCUT2D eigenvalue weighted by molar-refractivity contribution is 0.0941. The van der Waals surface area contributed by atoms with E-state index in [4.69, 9.17) is 5.26 Å². The first kappa shape index (κ1) is 11.6. The van der Waals surface area contributed by atoms with Gasteiger partial charge in [0.25, 0.3) is 5.91 Å². The van der Waals surface area contributed by atoms with Crippen LogP contribution < -0.4 is 5.32 Å². The lowest BCUT2D eigenvalue weighted by Gasteiger charge is -2.10. The Morgan fingerprint density at radius 1 is 1.59 bits per heavy atom. The molecule has 17 heavy (non-hydrogen) atoms. The van der Waals surface area contributed by atoms with Gasteiger partial charge in [-0.1, -0.05) is 0 Å². The first-order chi connectivity index (χ1) is 8.11. The molecule has 1 fully saturated rings. The summed E-state index contributed by atoms with van der Waals surface area (Å²) in [4.78, 5) is 11.8. The number of hydrogen-bond acceptors (Lipinski definition) is 2. The van der Waals surface area contributed by atoms with Gasteiger partial charge in [0, 0.05) is 5.56 Å². The maximum absolute atomic E-state index is 13.0. The number of hydrogen-bond donors (Lipinski definition) is 1. The van der Waals surface area contributed by atoms with Gasteiger partial charge in [0.2, 0.25) is 0 Å². The second kappa shape index (κ2) is 4.54. The smallest absolute Gasteiger partial charge is 0.252 e. The van der Waals surface area contributed by atoms with Crippen LogP contribution in [0.3, 0.4) is 0 Å². The number of carbonyl (C=O) groups is 1. The molecule has 1 aromatic rings. The zero-order valence-corrected chi connectivity index (χ0v) is 9.53. The van der Waals surface area contributed by atoms with Crippen molar-refractivity contribution in [1.29, 1.82) is 5.26 Å². The number of nitriles is 1. The van der Waals surface area contributed by atoms with E-state index in [0.717, 1.165) is 12.8 Å². The number of carbonyl (C=O) groups excluding carboxylic acids is 1. The molecule has 0 radical (unpaired) electrons. The van der Waals surface area contributed by atoms with Crippen LogP contribution in [0.2, 0.25) is 0 Å². The molecular weight excluding hydrogens is 219 g/mol. The van der Waals surface area contributed by atoms with Crippen LogP contribution in [0, 0.1) is 30.0 Å². The van der Waals surface area contributed by atoms with Crippen LogP contribution in [0.15, 0.2) is 18.2 Å². The first-order valence-electron chi connectivity index (χ1n) is 5.58. The summed E-state index contributed by atoms with van der Waals surface area (Å²) < 4.78 is 13.0. The Balaban J connectivity index is 2.08. The molecular formula is C13H13FN2O. The van der Waals surface area contributed by atoms with Gasteiger partial charge in [0.1, 0.15) is 11.9 Å². The highest BCUT2D eigenvalue weighted by Gasteiger charge is 2.32. The average Bonchev–Trinajstić information content (AvgIpc) is 3.13. The Hall–Kier alpha value is -1.89. The summed E-state index contributed by atoms with van der Waals surface area (Å²) in [5, 5.41) is 11.6. The fourth-order valence-electron chi connectivity index (χ4n) is 1.70. The van der Waals surface area contributed by atoms with Crippen LogP contribution >= 0.6 is 0 Å². The summed E-state index contributed by atoms with van der Waals surface area (Å²) in [6.45, 7) is 1.61. The Bertz CT molecular complexity index is 489. The van der Waals surface area contributed by atoms with Crippen LogP contribution in [0.1, 0.15) is 28.8 Å². The van der Waals surface area contributed by atoms with Gasteiger partial charge < -0.3 is 5.32 Å². The van der Waals surface area contributed by atoms with Gasteiger partial charge in [-0.2, -0.15) is 5.26 Å². The molecule has 1 amide bonds. The third kappa shape index (κ3) is 2.62. The fourth-order valence-corrected chi connectivity index (χ4v) is 1.70. The van der Waals surface area contributed by atoms with Gasteiger partial charge in [-0.3, -0.25) is 4.79 Å². The van der Waals surface area contributed by atoms with Crippen LogP contribution in [0.25, 0.3) is 0 Å². The zero-order chi connectivity index (χ0) is 12.4. The van der Waals surface area contributed by atoms with E-state index in [9.17, 15) is 9.18 Å². The minimum Gasteiger partial charge on any atom is -0.336 e. The summed E-state index contributed by atoms with van der Waals surface area (Å²) in [5.41, 5.74) is 0.822. The molecule has 1 N–H and O–H groups in total. The maximum atomic E-state index is 13.0. The van der Waals surface area contributed by atoms with Crippen molar-refractivity contribution in [3.63, 3.8) is 0 Å². The molecule has 0 saturated heterocycles. The van der Waals surface area contributed by atoms with E-state index in [0.29, 0.717) is 11.1 Å². The van der Waals surface area contributed by atoms with Crippen LogP contribution in [-0.4, -0.2) is 11.9 Å². The highest BCUT2D eigenvalue weighted by molar-refractivity contribution is 5.94. The Labute approximate surface area is 99.2 Å². The monoisotopic (exact) mass is 232 g/mol. The standard InChI is InChI=1S/C13H13FN2O/c1-8-6-10(4-5-11(8)14)13(17)16-12(7-15)9-2-3-9/h4-6,9,12H,2-3H2,1H3,(H,16,17). The zero-order valence-electron chi connectivity index (χ0n) is 9.53. The molecule has 4 heteroatoms. The number of aryl methyl sites for hydroxylation is 1. The SMILES string of the molecule is Cc1cc(C(=O)NC(C#N)C2CC2)ccc1F. The van der Waals surface area contributed by atoms with Gasteiger partial charge >= 0.3 is 0 Å². The van der Waals surface area contributed by atoms with Gasteiger partial charge in [-0.15, -0.1) is 0 Å².